The summed E-state index contributed by atoms with van der Waals surface area (Å²) in [6.45, 7) is 0.616. The highest BCUT2D eigenvalue weighted by atomic mass is 35.5. The Labute approximate surface area is 145 Å². The van der Waals surface area contributed by atoms with E-state index in [1.807, 2.05) is 60.8 Å². The first kappa shape index (κ1) is 16.1. The van der Waals surface area contributed by atoms with E-state index >= 15 is 0 Å². The molecule has 0 aliphatic rings. The van der Waals surface area contributed by atoms with Gasteiger partial charge in [-0.3, -0.25) is 9.48 Å². The summed E-state index contributed by atoms with van der Waals surface area (Å²) in [7, 11) is 0. The van der Waals surface area contributed by atoms with E-state index in [0.29, 0.717) is 11.6 Å². The van der Waals surface area contributed by atoms with Crippen LogP contribution in [0, 0.1) is 0 Å². The molecule has 1 heterocycles. The van der Waals surface area contributed by atoms with E-state index < -0.39 is 11.9 Å². The minimum Gasteiger partial charge on any atom is -0.368 e. The number of amides is 1. The molecule has 2 aromatic carbocycles. The summed E-state index contributed by atoms with van der Waals surface area (Å²) in [5.74, 6) is -0.438. The van der Waals surface area contributed by atoms with E-state index in [1.54, 1.807) is 10.9 Å². The van der Waals surface area contributed by atoms with Crippen LogP contribution in [0.15, 0.2) is 67.0 Å². The minimum absolute atomic E-state index is 0.438. The topological polar surface area (TPSA) is 72.9 Å². The zero-order chi connectivity index (χ0) is 16.9. The molecule has 0 fully saturated rings. The van der Waals surface area contributed by atoms with Gasteiger partial charge in [-0.2, -0.15) is 5.10 Å². The van der Waals surface area contributed by atoms with Gasteiger partial charge in [-0.1, -0.05) is 54.1 Å². The predicted molar refractivity (Wildman–Crippen MR) is 94.8 cm³/mol. The summed E-state index contributed by atoms with van der Waals surface area (Å²) >= 11 is 5.89. The van der Waals surface area contributed by atoms with Crippen LogP contribution in [0.5, 0.6) is 0 Å². The standard InChI is InChI=1S/C18H17ClN4O/c19-15-8-6-13(7-9-15)11-23-12-16(10-21-23)22-17(18(20)24)14-4-2-1-3-5-14/h1-10,12,17,22H,11H2,(H2,20,24). The zero-order valence-electron chi connectivity index (χ0n) is 12.9. The van der Waals surface area contributed by atoms with Gasteiger partial charge in [0.15, 0.2) is 0 Å². The largest absolute Gasteiger partial charge is 0.368 e. The number of halogens is 1. The summed E-state index contributed by atoms with van der Waals surface area (Å²) < 4.78 is 1.79. The van der Waals surface area contributed by atoms with Gasteiger partial charge in [0.2, 0.25) is 5.91 Å². The molecule has 3 aromatic rings. The number of rotatable bonds is 6. The van der Waals surface area contributed by atoms with Crippen LogP contribution in [-0.4, -0.2) is 15.7 Å². The third kappa shape index (κ3) is 3.94. The van der Waals surface area contributed by atoms with Crippen molar-refractivity contribution >= 4 is 23.2 Å². The molecule has 0 aliphatic heterocycles. The third-order valence-corrected chi connectivity index (χ3v) is 3.87. The van der Waals surface area contributed by atoms with Crippen LogP contribution in [0.4, 0.5) is 5.69 Å². The average molecular weight is 341 g/mol. The molecule has 3 rings (SSSR count). The average Bonchev–Trinajstić information content (AvgIpc) is 3.02. The highest BCUT2D eigenvalue weighted by Gasteiger charge is 2.17. The van der Waals surface area contributed by atoms with E-state index in [2.05, 4.69) is 10.4 Å². The molecule has 1 amide bonds. The summed E-state index contributed by atoms with van der Waals surface area (Å²) in [5.41, 5.74) is 8.15. The number of carbonyl (C=O) groups is 1. The number of carbonyl (C=O) groups excluding carboxylic acids is 1. The molecule has 1 unspecified atom stereocenters. The fourth-order valence-electron chi connectivity index (χ4n) is 2.43. The van der Waals surface area contributed by atoms with Crippen molar-refractivity contribution in [2.75, 3.05) is 5.32 Å². The van der Waals surface area contributed by atoms with Crippen LogP contribution in [0.1, 0.15) is 17.2 Å². The van der Waals surface area contributed by atoms with Crippen molar-refractivity contribution in [3.8, 4) is 0 Å². The molecule has 3 N–H and O–H groups in total. The SMILES string of the molecule is NC(=O)C(Nc1cnn(Cc2ccc(Cl)cc2)c1)c1ccccc1. The second kappa shape index (κ2) is 7.19. The van der Waals surface area contributed by atoms with Crippen LogP contribution < -0.4 is 11.1 Å². The number of aromatic nitrogens is 2. The quantitative estimate of drug-likeness (QED) is 0.723. The van der Waals surface area contributed by atoms with Gasteiger partial charge in [0.25, 0.3) is 0 Å². The number of nitrogens with one attached hydrogen (secondary N) is 1. The molecule has 0 spiro atoms. The molecule has 0 saturated carbocycles. The maximum Gasteiger partial charge on any atom is 0.244 e. The number of benzene rings is 2. The first-order chi connectivity index (χ1) is 11.6. The number of hydrogen-bond acceptors (Lipinski definition) is 3. The van der Waals surface area contributed by atoms with Crippen LogP contribution >= 0.6 is 11.6 Å². The lowest BCUT2D eigenvalue weighted by atomic mass is 10.1. The van der Waals surface area contributed by atoms with Gasteiger partial charge in [0, 0.05) is 11.2 Å². The smallest absolute Gasteiger partial charge is 0.244 e. The van der Waals surface area contributed by atoms with Crippen LogP contribution in [0.3, 0.4) is 0 Å². The Morgan fingerprint density at radius 1 is 1.17 bits per heavy atom. The van der Waals surface area contributed by atoms with E-state index in [-0.39, 0.29) is 0 Å². The zero-order valence-corrected chi connectivity index (χ0v) is 13.6. The van der Waals surface area contributed by atoms with Gasteiger partial charge in [0.05, 0.1) is 18.4 Å². The Kier molecular flexibility index (Phi) is 4.82. The lowest BCUT2D eigenvalue weighted by Crippen LogP contribution is -2.27. The molecular formula is C18H17ClN4O. The van der Waals surface area contributed by atoms with E-state index in [9.17, 15) is 4.79 Å². The molecule has 1 aromatic heterocycles. The lowest BCUT2D eigenvalue weighted by Gasteiger charge is -2.15. The van der Waals surface area contributed by atoms with Crippen molar-refractivity contribution in [3.63, 3.8) is 0 Å². The van der Waals surface area contributed by atoms with Crippen LogP contribution in [0.2, 0.25) is 5.02 Å². The molecule has 6 heteroatoms. The Bertz CT molecular complexity index is 815. The second-order valence-corrected chi connectivity index (χ2v) is 5.88. The molecule has 0 saturated heterocycles. The van der Waals surface area contributed by atoms with Crippen LogP contribution in [0.25, 0.3) is 0 Å². The number of hydrogen-bond donors (Lipinski definition) is 2. The first-order valence-electron chi connectivity index (χ1n) is 7.49. The number of nitrogens with two attached hydrogens (primary N) is 1. The molecule has 0 aliphatic carbocycles. The monoisotopic (exact) mass is 340 g/mol. The van der Waals surface area contributed by atoms with Gasteiger partial charge in [0.1, 0.15) is 6.04 Å². The summed E-state index contributed by atoms with van der Waals surface area (Å²) in [6.07, 6.45) is 3.52. The molecule has 1 atom stereocenters. The lowest BCUT2D eigenvalue weighted by molar-refractivity contribution is -0.118. The van der Waals surface area contributed by atoms with E-state index in [0.717, 1.165) is 16.8 Å². The first-order valence-corrected chi connectivity index (χ1v) is 7.87. The number of nitrogens with zero attached hydrogens (tertiary/aromatic N) is 2. The molecule has 24 heavy (non-hydrogen) atoms. The Morgan fingerprint density at radius 2 is 1.88 bits per heavy atom. The van der Waals surface area contributed by atoms with E-state index in [4.69, 9.17) is 17.3 Å². The molecule has 122 valence electrons. The Morgan fingerprint density at radius 3 is 2.54 bits per heavy atom. The van der Waals surface area contributed by atoms with Crippen LogP contribution in [-0.2, 0) is 11.3 Å². The van der Waals surface area contributed by atoms with Crippen molar-refractivity contribution in [2.24, 2.45) is 5.73 Å². The Hall–Kier alpha value is -2.79. The molecule has 0 radical (unpaired) electrons. The fourth-order valence-corrected chi connectivity index (χ4v) is 2.56. The summed E-state index contributed by atoms with van der Waals surface area (Å²) in [6, 6.07) is 16.4. The van der Waals surface area contributed by atoms with Gasteiger partial charge in [-0.05, 0) is 23.3 Å². The second-order valence-electron chi connectivity index (χ2n) is 5.44. The Balaban J connectivity index is 1.72. The molecule has 0 bridgehead atoms. The van der Waals surface area contributed by atoms with Crippen molar-refractivity contribution in [3.05, 3.63) is 83.1 Å². The molecule has 5 nitrogen and oxygen atoms in total. The predicted octanol–water partition coefficient (Wildman–Crippen LogP) is 3.22. The summed E-state index contributed by atoms with van der Waals surface area (Å²) in [5, 5.41) is 8.14. The van der Waals surface area contributed by atoms with Crippen molar-refractivity contribution in [2.45, 2.75) is 12.6 Å². The van der Waals surface area contributed by atoms with E-state index in [1.165, 1.54) is 0 Å². The fraction of sp³-hybridized carbons (Fsp3) is 0.111. The van der Waals surface area contributed by atoms with Gasteiger partial charge < -0.3 is 11.1 Å². The van der Waals surface area contributed by atoms with Gasteiger partial charge >= 0.3 is 0 Å². The maximum atomic E-state index is 11.8. The molecular weight excluding hydrogens is 324 g/mol. The number of primary amides is 1. The highest BCUT2D eigenvalue weighted by Crippen LogP contribution is 2.19. The number of anilines is 1. The maximum absolute atomic E-state index is 11.8. The van der Waals surface area contributed by atoms with Crippen molar-refractivity contribution in [1.29, 1.82) is 0 Å². The van der Waals surface area contributed by atoms with Crippen molar-refractivity contribution in [1.82, 2.24) is 9.78 Å². The van der Waals surface area contributed by atoms with Gasteiger partial charge in [-0.25, -0.2) is 0 Å². The van der Waals surface area contributed by atoms with Gasteiger partial charge in [-0.15, -0.1) is 0 Å². The normalized spacial score (nSPS) is 11.9. The summed E-state index contributed by atoms with van der Waals surface area (Å²) in [4.78, 5) is 11.8. The minimum atomic E-state index is -0.598. The highest BCUT2D eigenvalue weighted by molar-refractivity contribution is 6.30. The van der Waals surface area contributed by atoms with Crippen molar-refractivity contribution < 1.29 is 4.79 Å². The third-order valence-electron chi connectivity index (χ3n) is 3.62.